The van der Waals surface area contributed by atoms with Gasteiger partial charge < -0.3 is 15.0 Å². The lowest BCUT2D eigenvalue weighted by Gasteiger charge is -2.34. The maximum absolute atomic E-state index is 14.2. The Labute approximate surface area is 249 Å². The van der Waals surface area contributed by atoms with Gasteiger partial charge in [-0.2, -0.15) is 0 Å². The van der Waals surface area contributed by atoms with Gasteiger partial charge in [-0.3, -0.25) is 13.9 Å². The first-order valence-corrected chi connectivity index (χ1v) is 16.4. The average molecular weight is 592 g/mol. The van der Waals surface area contributed by atoms with E-state index in [1.807, 2.05) is 68.4 Å². The predicted molar refractivity (Wildman–Crippen MR) is 166 cm³/mol. The molecule has 0 unspecified atom stereocenters. The second-order valence-corrected chi connectivity index (χ2v) is 12.8. The van der Waals surface area contributed by atoms with E-state index in [-0.39, 0.29) is 18.5 Å². The molecule has 0 saturated heterocycles. The molecule has 0 bridgehead atoms. The van der Waals surface area contributed by atoms with Crippen LogP contribution in [0.3, 0.4) is 0 Å². The molecule has 1 atom stereocenters. The lowest BCUT2D eigenvalue weighted by atomic mass is 10.0. The molecule has 8 nitrogen and oxygen atoms in total. The molecule has 0 radical (unpaired) electrons. The van der Waals surface area contributed by atoms with Crippen LogP contribution in [0.4, 0.5) is 5.69 Å². The number of nitrogens with one attached hydrogen (secondary N) is 1. The Balaban J connectivity index is 1.70. The maximum atomic E-state index is 14.2. The normalized spacial score (nSPS) is 14.3. The van der Waals surface area contributed by atoms with Crippen molar-refractivity contribution in [2.75, 3.05) is 23.7 Å². The first kappa shape index (κ1) is 31.1. The molecular formula is C33H41N3O5S. The predicted octanol–water partition coefficient (Wildman–Crippen LogP) is 4.86. The first-order valence-electron chi connectivity index (χ1n) is 14.5. The molecule has 3 aromatic carbocycles. The van der Waals surface area contributed by atoms with Gasteiger partial charge in [0.25, 0.3) is 0 Å². The van der Waals surface area contributed by atoms with Crippen molar-refractivity contribution in [2.24, 2.45) is 0 Å². The molecule has 1 aliphatic carbocycles. The van der Waals surface area contributed by atoms with Crippen molar-refractivity contribution in [2.45, 2.75) is 64.6 Å². The summed E-state index contributed by atoms with van der Waals surface area (Å²) in [5.74, 6) is -0.0781. The van der Waals surface area contributed by atoms with E-state index in [9.17, 15) is 18.0 Å². The zero-order valence-corrected chi connectivity index (χ0v) is 25.5. The van der Waals surface area contributed by atoms with Crippen molar-refractivity contribution < 1.29 is 22.7 Å². The zero-order valence-electron chi connectivity index (χ0n) is 24.7. The molecule has 0 aromatic heterocycles. The number of carbonyl (C=O) groups is 2. The topological polar surface area (TPSA) is 96.0 Å². The van der Waals surface area contributed by atoms with Crippen LogP contribution in [-0.4, -0.2) is 56.6 Å². The lowest BCUT2D eigenvalue weighted by Crippen LogP contribution is -2.54. The fraction of sp³-hybridized carbons (Fsp3) is 0.394. The Hall–Kier alpha value is -3.85. The summed E-state index contributed by atoms with van der Waals surface area (Å²) in [6.45, 7) is 4.04. The highest BCUT2D eigenvalue weighted by molar-refractivity contribution is 7.92. The van der Waals surface area contributed by atoms with Crippen molar-refractivity contribution >= 4 is 27.5 Å². The highest BCUT2D eigenvalue weighted by atomic mass is 32.2. The van der Waals surface area contributed by atoms with Gasteiger partial charge in [0, 0.05) is 19.0 Å². The van der Waals surface area contributed by atoms with Crippen LogP contribution < -0.4 is 14.4 Å². The maximum Gasteiger partial charge on any atom is 0.244 e. The van der Waals surface area contributed by atoms with E-state index < -0.39 is 28.5 Å². The number of sulfonamides is 1. The molecule has 0 spiro atoms. The highest BCUT2D eigenvalue weighted by Gasteiger charge is 2.34. The average Bonchev–Trinajstić information content (AvgIpc) is 3.47. The van der Waals surface area contributed by atoms with Crippen molar-refractivity contribution in [1.29, 1.82) is 0 Å². The summed E-state index contributed by atoms with van der Waals surface area (Å²) in [4.78, 5) is 29.7. The van der Waals surface area contributed by atoms with Crippen molar-refractivity contribution in [1.82, 2.24) is 10.2 Å². The number of hydrogen-bond donors (Lipinski definition) is 1. The summed E-state index contributed by atoms with van der Waals surface area (Å²) >= 11 is 0. The Morgan fingerprint density at radius 1 is 0.952 bits per heavy atom. The first-order chi connectivity index (χ1) is 20.1. The van der Waals surface area contributed by atoms with Crippen LogP contribution in [0.15, 0.2) is 78.9 Å². The number of amides is 2. The molecule has 3 aromatic rings. The van der Waals surface area contributed by atoms with Gasteiger partial charge in [-0.15, -0.1) is 0 Å². The van der Waals surface area contributed by atoms with Crippen molar-refractivity contribution in [3.63, 3.8) is 0 Å². The number of ether oxygens (including phenoxy) is 1. The van der Waals surface area contributed by atoms with Gasteiger partial charge in [0.15, 0.2) is 0 Å². The quantitative estimate of drug-likeness (QED) is 0.306. The number of benzene rings is 3. The minimum Gasteiger partial charge on any atom is -0.494 e. The van der Waals surface area contributed by atoms with E-state index in [1.54, 1.807) is 29.2 Å². The van der Waals surface area contributed by atoms with Crippen LogP contribution in [0.2, 0.25) is 0 Å². The van der Waals surface area contributed by atoms with E-state index >= 15 is 0 Å². The fourth-order valence-corrected chi connectivity index (χ4v) is 6.27. The van der Waals surface area contributed by atoms with Crippen molar-refractivity contribution in [3.8, 4) is 5.75 Å². The van der Waals surface area contributed by atoms with Gasteiger partial charge >= 0.3 is 0 Å². The van der Waals surface area contributed by atoms with Gasteiger partial charge in [-0.05, 0) is 62.1 Å². The van der Waals surface area contributed by atoms with Crippen LogP contribution in [0.5, 0.6) is 5.75 Å². The standard InChI is InChI=1S/C33H41N3O5S/c1-4-41-30-19-17-29(18-20-30)36(42(3,39)40)24-32(37)35(23-27-14-10-11-25(2)21-27)31(22-26-12-6-5-7-13-26)33(38)34-28-15-8-9-16-28/h5-7,10-14,17-21,28,31H,4,8-9,15-16,22-24H2,1-3H3,(H,34,38)/t31-/m1/s1. The number of hydrogen-bond acceptors (Lipinski definition) is 5. The van der Waals surface area contributed by atoms with Crippen LogP contribution in [0.25, 0.3) is 0 Å². The summed E-state index contributed by atoms with van der Waals surface area (Å²) in [5, 5.41) is 3.19. The molecule has 42 heavy (non-hydrogen) atoms. The molecule has 9 heteroatoms. The van der Waals surface area contributed by atoms with E-state index in [0.29, 0.717) is 24.5 Å². The molecule has 2 amide bonds. The molecular weight excluding hydrogens is 550 g/mol. The third-order valence-electron chi connectivity index (χ3n) is 7.52. The van der Waals surface area contributed by atoms with Gasteiger partial charge in [0.05, 0.1) is 18.6 Å². The fourth-order valence-electron chi connectivity index (χ4n) is 5.42. The summed E-state index contributed by atoms with van der Waals surface area (Å²) in [7, 11) is -3.83. The van der Waals surface area contributed by atoms with E-state index in [1.165, 1.54) is 0 Å². The minimum atomic E-state index is -3.83. The van der Waals surface area contributed by atoms with Gasteiger partial charge in [-0.25, -0.2) is 8.42 Å². The lowest BCUT2D eigenvalue weighted by molar-refractivity contribution is -0.140. The van der Waals surface area contributed by atoms with E-state index in [4.69, 9.17) is 4.74 Å². The minimum absolute atomic E-state index is 0.0723. The summed E-state index contributed by atoms with van der Waals surface area (Å²) in [6, 6.07) is 23.2. The smallest absolute Gasteiger partial charge is 0.244 e. The summed E-state index contributed by atoms with van der Waals surface area (Å²) < 4.78 is 32.5. The molecule has 224 valence electrons. The molecule has 1 saturated carbocycles. The van der Waals surface area contributed by atoms with Crippen LogP contribution in [0.1, 0.15) is 49.3 Å². The molecule has 1 N–H and O–H groups in total. The second-order valence-electron chi connectivity index (χ2n) is 10.9. The Bertz CT molecular complexity index is 1440. The van der Waals surface area contributed by atoms with Gasteiger partial charge in [0.1, 0.15) is 18.3 Å². The van der Waals surface area contributed by atoms with Crippen LogP contribution in [-0.2, 0) is 32.6 Å². The number of rotatable bonds is 13. The van der Waals surface area contributed by atoms with Crippen LogP contribution >= 0.6 is 0 Å². The molecule has 0 aliphatic heterocycles. The third kappa shape index (κ3) is 8.58. The van der Waals surface area contributed by atoms with Crippen molar-refractivity contribution in [3.05, 3.63) is 95.6 Å². The molecule has 4 rings (SSSR count). The zero-order chi connectivity index (χ0) is 30.1. The Morgan fingerprint density at radius 3 is 2.24 bits per heavy atom. The molecule has 0 heterocycles. The van der Waals surface area contributed by atoms with Crippen LogP contribution in [0, 0.1) is 6.92 Å². The molecule has 1 aliphatic rings. The molecule has 1 fully saturated rings. The number of aryl methyl sites for hydroxylation is 1. The summed E-state index contributed by atoms with van der Waals surface area (Å²) in [5.41, 5.74) is 3.15. The second kappa shape index (κ2) is 14.4. The van der Waals surface area contributed by atoms with Gasteiger partial charge in [0.2, 0.25) is 21.8 Å². The Kier molecular flexibility index (Phi) is 10.6. The van der Waals surface area contributed by atoms with E-state index in [2.05, 4.69) is 5.32 Å². The number of carbonyl (C=O) groups excluding carboxylic acids is 2. The summed E-state index contributed by atoms with van der Waals surface area (Å²) in [6.07, 6.45) is 5.33. The Morgan fingerprint density at radius 2 is 1.62 bits per heavy atom. The van der Waals surface area contributed by atoms with Gasteiger partial charge in [-0.1, -0.05) is 73.0 Å². The SMILES string of the molecule is CCOc1ccc(N(CC(=O)N(Cc2cccc(C)c2)[C@H](Cc2ccccc2)C(=O)NC2CCCC2)S(C)(=O)=O)cc1. The number of anilines is 1. The largest absolute Gasteiger partial charge is 0.494 e. The monoisotopic (exact) mass is 591 g/mol. The third-order valence-corrected chi connectivity index (χ3v) is 8.66. The highest BCUT2D eigenvalue weighted by Crippen LogP contribution is 2.24. The van der Waals surface area contributed by atoms with E-state index in [0.717, 1.165) is 52.9 Å². The number of nitrogens with zero attached hydrogens (tertiary/aromatic N) is 2.